The van der Waals surface area contributed by atoms with Gasteiger partial charge in [-0.3, -0.25) is 0 Å². The van der Waals surface area contributed by atoms with Gasteiger partial charge in [-0.15, -0.1) is 0 Å². The molecule has 7 rings (SSSR count). The molecule has 1 unspecified atom stereocenters. The molecule has 2 aliphatic heterocycles. The number of phenols is 1. The van der Waals surface area contributed by atoms with Crippen LogP contribution in [0.15, 0.2) is 72.8 Å². The Morgan fingerprint density at radius 2 is 1.17 bits per heavy atom. The second-order valence-electron chi connectivity index (χ2n) is 14.7. The van der Waals surface area contributed by atoms with E-state index in [1.165, 1.54) is 80.4 Å². The number of fused-ring (bicyclic) bond motifs is 2. The summed E-state index contributed by atoms with van der Waals surface area (Å²) in [6.45, 7) is 15.0. The number of aryl methyl sites for hydroxylation is 3. The zero-order chi connectivity index (χ0) is 36.6. The summed E-state index contributed by atoms with van der Waals surface area (Å²) in [7, 11) is 4.22. The SMILES string of the molecule is CCCC[I-]c1cc(CCCC)c(O)c(CN2[CH-]N(C)c3ccccc32)c1.CCCCc1cc(C)cc(CN2[CH-]N(C)c3ccccc32)c1C1[CH-]C1.[Zn]. The molecule has 1 saturated carbocycles. The van der Waals surface area contributed by atoms with E-state index in [9.17, 15) is 5.11 Å². The number of alkyl halides is 1. The van der Waals surface area contributed by atoms with Crippen molar-refractivity contribution in [1.82, 2.24) is 0 Å². The molecule has 282 valence electrons. The van der Waals surface area contributed by atoms with Crippen molar-refractivity contribution in [3.05, 3.63) is 130 Å². The third kappa shape index (κ3) is 10.3. The van der Waals surface area contributed by atoms with Crippen molar-refractivity contribution in [2.75, 3.05) is 38.1 Å². The molecule has 0 amide bonds. The van der Waals surface area contributed by atoms with Gasteiger partial charge in [0.2, 0.25) is 0 Å². The Bertz CT molecular complexity index is 1790. The Morgan fingerprint density at radius 3 is 1.72 bits per heavy atom. The van der Waals surface area contributed by atoms with Gasteiger partial charge < -0.3 is 16.2 Å². The molecular weight excluding hydrogens is 817 g/mol. The molecule has 2 heterocycles. The first-order valence-electron chi connectivity index (χ1n) is 19.6. The maximum absolute atomic E-state index is 10.9. The van der Waals surface area contributed by atoms with Gasteiger partial charge in [-0.05, 0) is 50.1 Å². The summed E-state index contributed by atoms with van der Waals surface area (Å²) in [6.07, 6.45) is 13.3. The van der Waals surface area contributed by atoms with Gasteiger partial charge in [0.05, 0.1) is 0 Å². The summed E-state index contributed by atoms with van der Waals surface area (Å²) in [4.78, 5) is 9.04. The predicted molar refractivity (Wildman–Crippen MR) is 217 cm³/mol. The van der Waals surface area contributed by atoms with E-state index in [0.29, 0.717) is 11.7 Å². The number of unbranched alkanes of at least 4 members (excludes halogenated alkanes) is 3. The molecule has 1 N–H and O–H groups in total. The Morgan fingerprint density at radius 1 is 0.679 bits per heavy atom. The van der Waals surface area contributed by atoms with E-state index in [1.807, 2.05) is 0 Å². The van der Waals surface area contributed by atoms with Gasteiger partial charge in [-0.1, -0.05) is 48.7 Å². The number of rotatable bonds is 15. The minimum atomic E-state index is 0. The van der Waals surface area contributed by atoms with E-state index in [0.717, 1.165) is 43.5 Å². The van der Waals surface area contributed by atoms with Crippen LogP contribution in [0.1, 0.15) is 105 Å². The number of phenolic OH excluding ortho intramolecular Hbond substituents is 1. The molecule has 4 aromatic rings. The number of nitrogens with zero attached hydrogens (tertiary/aromatic N) is 4. The quantitative estimate of drug-likeness (QED) is 0.0431. The third-order valence-electron chi connectivity index (χ3n) is 10.4. The van der Waals surface area contributed by atoms with Gasteiger partial charge in [0.25, 0.3) is 0 Å². The van der Waals surface area contributed by atoms with Crippen molar-refractivity contribution in [2.45, 2.75) is 104 Å². The fourth-order valence-electron chi connectivity index (χ4n) is 7.52. The third-order valence-corrected chi connectivity index (χ3v) is 13.2. The van der Waals surface area contributed by atoms with Crippen molar-refractivity contribution in [1.29, 1.82) is 0 Å². The first kappa shape index (κ1) is 41.4. The van der Waals surface area contributed by atoms with E-state index in [1.54, 1.807) is 11.1 Å². The van der Waals surface area contributed by atoms with E-state index in [4.69, 9.17) is 0 Å². The van der Waals surface area contributed by atoms with Gasteiger partial charge >= 0.3 is 175 Å². The number of aromatic hydroxyl groups is 1. The van der Waals surface area contributed by atoms with Crippen LogP contribution in [-0.2, 0) is 45.4 Å². The van der Waals surface area contributed by atoms with Crippen LogP contribution < -0.4 is 40.8 Å². The Balaban J connectivity index is 0.000000201. The Labute approximate surface area is 344 Å². The number of hydrogen-bond donors (Lipinski definition) is 1. The molecular formula is C46H59IN4OZn-4. The van der Waals surface area contributed by atoms with Crippen LogP contribution >= 0.6 is 0 Å². The molecule has 0 spiro atoms. The Hall–Kier alpha value is -2.77. The van der Waals surface area contributed by atoms with Crippen LogP contribution in [-0.4, -0.2) is 23.6 Å². The monoisotopic (exact) mass is 874 g/mol. The minimum absolute atomic E-state index is 0. The van der Waals surface area contributed by atoms with Crippen molar-refractivity contribution in [3.8, 4) is 5.75 Å². The summed E-state index contributed by atoms with van der Waals surface area (Å²) in [6, 6.07) is 26.5. The second kappa shape index (κ2) is 19.7. The summed E-state index contributed by atoms with van der Waals surface area (Å²) < 4.78 is 2.80. The van der Waals surface area contributed by atoms with Gasteiger partial charge in [0.1, 0.15) is 0 Å². The van der Waals surface area contributed by atoms with Crippen LogP contribution in [0.2, 0.25) is 0 Å². The van der Waals surface area contributed by atoms with Crippen LogP contribution in [0.4, 0.5) is 22.7 Å². The fraction of sp³-hybridized carbons (Fsp3) is 0.413. The van der Waals surface area contributed by atoms with Crippen LogP contribution in [0.5, 0.6) is 5.75 Å². The van der Waals surface area contributed by atoms with Crippen LogP contribution in [0.25, 0.3) is 0 Å². The minimum Gasteiger partial charge on any atom is -0.504 e. The molecule has 0 bridgehead atoms. The molecule has 53 heavy (non-hydrogen) atoms. The van der Waals surface area contributed by atoms with Crippen LogP contribution in [0.3, 0.4) is 0 Å². The van der Waals surface area contributed by atoms with Crippen molar-refractivity contribution < 1.29 is 45.8 Å². The molecule has 3 aliphatic rings. The molecule has 0 radical (unpaired) electrons. The maximum atomic E-state index is 10.9. The van der Waals surface area contributed by atoms with Gasteiger partial charge in [-0.25, -0.2) is 0 Å². The Kier molecular flexibility index (Phi) is 15.4. The predicted octanol–water partition coefficient (Wildman–Crippen LogP) is 7.97. The van der Waals surface area contributed by atoms with Crippen molar-refractivity contribution in [2.24, 2.45) is 0 Å². The van der Waals surface area contributed by atoms with Gasteiger partial charge in [0.15, 0.2) is 0 Å². The number of para-hydroxylation sites is 4. The number of halogens is 1. The summed E-state index contributed by atoms with van der Waals surface area (Å²) >= 11 is 0.0263. The number of hydrogen-bond acceptors (Lipinski definition) is 5. The molecule has 7 heteroatoms. The molecule has 0 saturated heterocycles. The fourth-order valence-corrected chi connectivity index (χ4v) is 10.5. The smallest absolute Gasteiger partial charge is 0.0301 e. The van der Waals surface area contributed by atoms with E-state index in [2.05, 4.69) is 154 Å². The molecule has 1 fully saturated rings. The normalized spacial score (nSPS) is 15.6. The maximum Gasteiger partial charge on any atom is 0.0301 e. The number of anilines is 4. The summed E-state index contributed by atoms with van der Waals surface area (Å²) in [5.41, 5.74) is 13.3. The molecule has 1 aliphatic carbocycles. The summed E-state index contributed by atoms with van der Waals surface area (Å²) in [5.74, 6) is 1.19. The van der Waals surface area contributed by atoms with E-state index < -0.39 is 0 Å². The van der Waals surface area contributed by atoms with Gasteiger partial charge in [0, 0.05) is 37.4 Å². The van der Waals surface area contributed by atoms with Crippen molar-refractivity contribution >= 4 is 22.7 Å². The van der Waals surface area contributed by atoms with E-state index in [-0.39, 0.29) is 40.7 Å². The molecule has 5 nitrogen and oxygen atoms in total. The molecule has 1 atom stereocenters. The number of benzene rings is 4. The first-order chi connectivity index (χ1) is 25.3. The zero-order valence-corrected chi connectivity index (χ0v) is 38.2. The zero-order valence-electron chi connectivity index (χ0n) is 33.0. The average molecular weight is 876 g/mol. The van der Waals surface area contributed by atoms with Gasteiger partial charge in [-0.2, -0.15) is 19.0 Å². The largest absolute Gasteiger partial charge is 0.504 e. The van der Waals surface area contributed by atoms with E-state index >= 15 is 0 Å². The van der Waals surface area contributed by atoms with Crippen molar-refractivity contribution in [3.63, 3.8) is 0 Å². The first-order valence-corrected chi connectivity index (χ1v) is 22.2. The molecule has 4 aromatic carbocycles. The topological polar surface area (TPSA) is 33.2 Å². The van der Waals surface area contributed by atoms with Crippen LogP contribution in [0, 0.1) is 30.3 Å². The second-order valence-corrected chi connectivity index (χ2v) is 17.8. The summed E-state index contributed by atoms with van der Waals surface area (Å²) in [5, 5.41) is 10.9. The average Bonchev–Trinajstić information content (AvgIpc) is 3.87. The standard InChI is InChI=1S/C23H31IN2O.C23H28N2.Zn/c1-4-6-10-18-14-20(24-13-7-5-2)15-19(23(18)27)16-26-17-25(3)21-11-8-9-12-22(21)26;1-4-5-8-19-13-17(2)14-20(23(19)18-11-12-18)15-25-16-24(3)21-9-6-7-10-22(21)25;/h8-9,11-12,14-15,17,27H,4-7,10,13,16H2,1-3H3;6-7,9-11,13-14,16,18H,4-5,8,12,15H2,1-3H3;/q2*-2;. The molecule has 0 aromatic heterocycles.